The van der Waals surface area contributed by atoms with E-state index in [9.17, 15) is 14.4 Å². The first-order valence-corrected chi connectivity index (χ1v) is 5.30. The fraction of sp³-hybridized carbons (Fsp3) is 0.444. The maximum absolute atomic E-state index is 11.3. The minimum atomic E-state index is -1.08. The van der Waals surface area contributed by atoms with Gasteiger partial charge in [0, 0.05) is 6.08 Å². The third-order valence-corrected chi connectivity index (χ3v) is 2.56. The fourth-order valence-corrected chi connectivity index (χ4v) is 1.49. The van der Waals surface area contributed by atoms with E-state index in [0.717, 1.165) is 4.90 Å². The van der Waals surface area contributed by atoms with Crippen LogP contribution in [0.1, 0.15) is 6.92 Å². The van der Waals surface area contributed by atoms with Gasteiger partial charge in [0.1, 0.15) is 0 Å². The lowest BCUT2D eigenvalue weighted by atomic mass is 10.4. The van der Waals surface area contributed by atoms with Gasteiger partial charge in [-0.15, -0.1) is 0 Å². The number of halogens is 1. The quantitative estimate of drug-likeness (QED) is 0.728. The molecule has 7 heteroatoms. The van der Waals surface area contributed by atoms with Crippen molar-refractivity contribution in [2.75, 3.05) is 13.2 Å². The summed E-state index contributed by atoms with van der Waals surface area (Å²) in [5, 5.41) is 8.53. The van der Waals surface area contributed by atoms with Gasteiger partial charge in [0.15, 0.2) is 6.10 Å². The lowest BCUT2D eigenvalue weighted by molar-refractivity contribution is -0.149. The Bertz CT molecular complexity index is 365. The molecular weight excluding hydrogens is 282 g/mol. The number of imide groups is 1. The van der Waals surface area contributed by atoms with Gasteiger partial charge in [0.25, 0.3) is 11.8 Å². The van der Waals surface area contributed by atoms with E-state index >= 15 is 0 Å². The summed E-state index contributed by atoms with van der Waals surface area (Å²) in [5.74, 6) is -1.95. The fourth-order valence-electron chi connectivity index (χ4n) is 1.08. The van der Waals surface area contributed by atoms with Gasteiger partial charge < -0.3 is 9.84 Å². The number of rotatable bonds is 5. The van der Waals surface area contributed by atoms with E-state index in [2.05, 4.69) is 15.9 Å². The average molecular weight is 292 g/mol. The molecule has 1 aliphatic heterocycles. The number of carboxylic acid groups (broad SMARTS) is 1. The molecule has 0 fully saturated rings. The van der Waals surface area contributed by atoms with Crippen molar-refractivity contribution in [1.29, 1.82) is 0 Å². The SMILES string of the molecule is CC(OCCN1C(=O)C=C(Br)C1=O)C(=O)O. The molecule has 0 bridgehead atoms. The molecule has 1 unspecified atom stereocenters. The van der Waals surface area contributed by atoms with E-state index in [-0.39, 0.29) is 17.6 Å². The monoisotopic (exact) mass is 291 g/mol. The van der Waals surface area contributed by atoms with Crippen LogP contribution < -0.4 is 0 Å². The van der Waals surface area contributed by atoms with Crippen molar-refractivity contribution in [3.05, 3.63) is 10.6 Å². The summed E-state index contributed by atoms with van der Waals surface area (Å²) >= 11 is 2.94. The van der Waals surface area contributed by atoms with Crippen molar-refractivity contribution >= 4 is 33.7 Å². The summed E-state index contributed by atoms with van der Waals surface area (Å²) in [5.41, 5.74) is 0. The maximum Gasteiger partial charge on any atom is 0.332 e. The summed E-state index contributed by atoms with van der Waals surface area (Å²) in [6.45, 7) is 1.42. The molecule has 88 valence electrons. The molecule has 16 heavy (non-hydrogen) atoms. The minimum Gasteiger partial charge on any atom is -0.479 e. The van der Waals surface area contributed by atoms with Crippen LogP contribution in [0.15, 0.2) is 10.6 Å². The molecule has 0 aliphatic carbocycles. The Morgan fingerprint density at radius 2 is 2.25 bits per heavy atom. The van der Waals surface area contributed by atoms with Crippen LogP contribution in [0.25, 0.3) is 0 Å². The number of aliphatic carboxylic acids is 1. The van der Waals surface area contributed by atoms with Crippen molar-refractivity contribution < 1.29 is 24.2 Å². The molecule has 0 saturated heterocycles. The number of hydrogen-bond donors (Lipinski definition) is 1. The number of carboxylic acids is 1. The lowest BCUT2D eigenvalue weighted by Gasteiger charge is -2.15. The zero-order valence-corrected chi connectivity index (χ0v) is 10.1. The first-order chi connectivity index (χ1) is 7.43. The van der Waals surface area contributed by atoms with Crippen molar-refractivity contribution in [3.8, 4) is 0 Å². The summed E-state index contributed by atoms with van der Waals surface area (Å²) in [4.78, 5) is 34.0. The van der Waals surface area contributed by atoms with Crippen LogP contribution >= 0.6 is 15.9 Å². The number of nitrogens with zero attached hydrogens (tertiary/aromatic N) is 1. The second-order valence-electron chi connectivity index (χ2n) is 3.14. The van der Waals surface area contributed by atoms with Gasteiger partial charge in [0.05, 0.1) is 17.6 Å². The first kappa shape index (κ1) is 12.9. The van der Waals surface area contributed by atoms with E-state index < -0.39 is 23.9 Å². The van der Waals surface area contributed by atoms with Crippen LogP contribution in [0.4, 0.5) is 0 Å². The van der Waals surface area contributed by atoms with Crippen LogP contribution in [-0.2, 0) is 19.1 Å². The number of ether oxygens (including phenoxy) is 1. The number of hydrogen-bond acceptors (Lipinski definition) is 4. The summed E-state index contributed by atoms with van der Waals surface area (Å²) in [6, 6.07) is 0. The normalized spacial score (nSPS) is 17.6. The van der Waals surface area contributed by atoms with Gasteiger partial charge in [0.2, 0.25) is 0 Å². The molecule has 2 amide bonds. The van der Waals surface area contributed by atoms with Gasteiger partial charge >= 0.3 is 5.97 Å². The maximum atomic E-state index is 11.3. The molecule has 0 spiro atoms. The number of carbonyl (C=O) groups excluding carboxylic acids is 2. The van der Waals surface area contributed by atoms with Crippen molar-refractivity contribution in [1.82, 2.24) is 4.90 Å². The highest BCUT2D eigenvalue weighted by Crippen LogP contribution is 2.17. The highest BCUT2D eigenvalue weighted by Gasteiger charge is 2.29. The third-order valence-electron chi connectivity index (χ3n) is 2.00. The minimum absolute atomic E-state index is 0.000926. The Morgan fingerprint density at radius 3 is 2.69 bits per heavy atom. The van der Waals surface area contributed by atoms with Gasteiger partial charge in [-0.1, -0.05) is 0 Å². The molecule has 0 aromatic carbocycles. The zero-order valence-electron chi connectivity index (χ0n) is 8.47. The van der Waals surface area contributed by atoms with Crippen LogP contribution in [0.3, 0.4) is 0 Å². The van der Waals surface area contributed by atoms with Crippen molar-refractivity contribution in [2.24, 2.45) is 0 Å². The van der Waals surface area contributed by atoms with Crippen molar-refractivity contribution in [2.45, 2.75) is 13.0 Å². The number of amides is 2. The molecule has 0 saturated carbocycles. The van der Waals surface area contributed by atoms with Gasteiger partial charge in [-0.25, -0.2) is 4.79 Å². The van der Waals surface area contributed by atoms with Crippen LogP contribution in [0.5, 0.6) is 0 Å². The smallest absolute Gasteiger partial charge is 0.332 e. The van der Waals surface area contributed by atoms with Crippen molar-refractivity contribution in [3.63, 3.8) is 0 Å². The van der Waals surface area contributed by atoms with Crippen LogP contribution in [0, 0.1) is 0 Å². The molecule has 1 atom stereocenters. The molecule has 1 rings (SSSR count). The molecule has 1 heterocycles. The van der Waals surface area contributed by atoms with E-state index in [0.29, 0.717) is 0 Å². The highest BCUT2D eigenvalue weighted by molar-refractivity contribution is 9.12. The molecule has 6 nitrogen and oxygen atoms in total. The first-order valence-electron chi connectivity index (χ1n) is 4.51. The topological polar surface area (TPSA) is 83.9 Å². The molecule has 0 aromatic heterocycles. The molecule has 1 N–H and O–H groups in total. The van der Waals surface area contributed by atoms with Gasteiger partial charge in [-0.05, 0) is 22.9 Å². The summed E-state index contributed by atoms with van der Waals surface area (Å²) in [7, 11) is 0. The number of carbonyl (C=O) groups is 3. The van der Waals surface area contributed by atoms with Crippen LogP contribution in [0.2, 0.25) is 0 Å². The molecule has 1 aliphatic rings. The molecule has 0 radical (unpaired) electrons. The van der Waals surface area contributed by atoms with Crippen LogP contribution in [-0.4, -0.2) is 47.0 Å². The molecule has 0 aromatic rings. The average Bonchev–Trinajstić information content (AvgIpc) is 2.44. The second kappa shape index (κ2) is 5.22. The zero-order chi connectivity index (χ0) is 12.3. The van der Waals surface area contributed by atoms with E-state index in [1.54, 1.807) is 0 Å². The lowest BCUT2D eigenvalue weighted by Crippen LogP contribution is -2.35. The second-order valence-corrected chi connectivity index (χ2v) is 3.99. The summed E-state index contributed by atoms with van der Waals surface area (Å²) < 4.78 is 5.11. The Balaban J connectivity index is 2.38. The Kier molecular flexibility index (Phi) is 4.19. The van der Waals surface area contributed by atoms with E-state index in [4.69, 9.17) is 9.84 Å². The predicted molar refractivity (Wildman–Crippen MR) is 56.8 cm³/mol. The van der Waals surface area contributed by atoms with E-state index in [1.165, 1.54) is 13.0 Å². The Hall–Kier alpha value is -1.21. The van der Waals surface area contributed by atoms with Gasteiger partial charge in [-0.3, -0.25) is 14.5 Å². The molecular formula is C9H10BrNO5. The highest BCUT2D eigenvalue weighted by atomic mass is 79.9. The third kappa shape index (κ3) is 2.89. The standard InChI is InChI=1S/C9H10BrNO5/c1-5(9(14)15)16-3-2-11-7(12)4-6(10)8(11)13/h4-5H,2-3H2,1H3,(H,14,15). The van der Waals surface area contributed by atoms with E-state index in [1.807, 2.05) is 0 Å². The predicted octanol–water partition coefficient (Wildman–Crippen LogP) is 0.124. The summed E-state index contributed by atoms with van der Waals surface area (Å²) in [6.07, 6.45) is 0.215. The Labute approximate surface area is 100.0 Å². The van der Waals surface area contributed by atoms with Gasteiger partial charge in [-0.2, -0.15) is 0 Å². The largest absolute Gasteiger partial charge is 0.479 e. The Morgan fingerprint density at radius 1 is 1.62 bits per heavy atom.